The number of sulfonamides is 1. The van der Waals surface area contributed by atoms with E-state index in [0.717, 1.165) is 10.0 Å². The van der Waals surface area contributed by atoms with E-state index in [1.165, 1.54) is 28.2 Å². The number of nitrogens with zero attached hydrogens (tertiary/aromatic N) is 1. The van der Waals surface area contributed by atoms with E-state index in [1.54, 1.807) is 18.2 Å². The highest BCUT2D eigenvalue weighted by Crippen LogP contribution is 2.40. The van der Waals surface area contributed by atoms with Crippen LogP contribution in [0.15, 0.2) is 69.5 Å². The molecule has 0 unspecified atom stereocenters. The molecule has 1 aliphatic heterocycles. The molecule has 2 aromatic carbocycles. The van der Waals surface area contributed by atoms with E-state index in [-0.39, 0.29) is 16.6 Å². The SMILES string of the molecule is CCSC(=O)C1=CCN(S(=O)(=O)c2ccc(Cl)cc2)[C@H]1c1ccc(Br)cc1. The number of hydrogen-bond acceptors (Lipinski definition) is 4. The molecular formula is C19H17BrClNO3S2. The lowest BCUT2D eigenvalue weighted by molar-refractivity contribution is -0.108. The van der Waals surface area contributed by atoms with Gasteiger partial charge in [-0.1, -0.05) is 64.4 Å². The van der Waals surface area contributed by atoms with E-state index in [1.807, 2.05) is 31.2 Å². The molecule has 0 aromatic heterocycles. The van der Waals surface area contributed by atoms with Crippen molar-refractivity contribution in [2.75, 3.05) is 12.3 Å². The Morgan fingerprint density at radius 2 is 1.81 bits per heavy atom. The number of hydrogen-bond donors (Lipinski definition) is 0. The van der Waals surface area contributed by atoms with Crippen LogP contribution in [-0.2, 0) is 14.8 Å². The molecule has 3 rings (SSSR count). The van der Waals surface area contributed by atoms with Gasteiger partial charge in [-0.05, 0) is 47.7 Å². The van der Waals surface area contributed by atoms with Crippen LogP contribution in [0.1, 0.15) is 18.5 Å². The lowest BCUT2D eigenvalue weighted by Gasteiger charge is -2.26. The lowest BCUT2D eigenvalue weighted by atomic mass is 10.0. The molecular weight excluding hydrogens is 470 g/mol. The van der Waals surface area contributed by atoms with Crippen molar-refractivity contribution in [1.82, 2.24) is 4.31 Å². The number of rotatable bonds is 5. The molecule has 0 N–H and O–H groups in total. The molecule has 0 saturated heterocycles. The molecule has 8 heteroatoms. The van der Waals surface area contributed by atoms with Crippen molar-refractivity contribution in [3.63, 3.8) is 0 Å². The lowest BCUT2D eigenvalue weighted by Crippen LogP contribution is -2.33. The van der Waals surface area contributed by atoms with Gasteiger partial charge in [0.05, 0.1) is 10.9 Å². The quantitative estimate of drug-likeness (QED) is 0.593. The smallest absolute Gasteiger partial charge is 0.244 e. The van der Waals surface area contributed by atoms with Crippen LogP contribution in [0.4, 0.5) is 0 Å². The van der Waals surface area contributed by atoms with E-state index in [2.05, 4.69) is 15.9 Å². The summed E-state index contributed by atoms with van der Waals surface area (Å²) in [7, 11) is -3.79. The van der Waals surface area contributed by atoms with Crippen molar-refractivity contribution >= 4 is 54.4 Å². The summed E-state index contributed by atoms with van der Waals surface area (Å²) < 4.78 is 28.7. The highest BCUT2D eigenvalue weighted by molar-refractivity contribution is 9.10. The molecule has 0 bridgehead atoms. The maximum absolute atomic E-state index is 13.2. The predicted octanol–water partition coefficient (Wildman–Crippen LogP) is 5.05. The standard InChI is InChI=1S/C19H17BrClNO3S2/c1-2-26-19(23)17-11-12-22(18(17)13-3-5-14(20)6-4-13)27(24,25)16-9-7-15(21)8-10-16/h3-11,18H,2,12H2,1H3/t18-/m0/s1. The van der Waals surface area contributed by atoms with Crippen LogP contribution in [0.2, 0.25) is 5.02 Å². The first kappa shape index (κ1) is 20.6. The van der Waals surface area contributed by atoms with Crippen molar-refractivity contribution < 1.29 is 13.2 Å². The second-order valence-corrected chi connectivity index (χ2v) is 10.3. The normalized spacial score (nSPS) is 17.7. The summed E-state index contributed by atoms with van der Waals surface area (Å²) in [5.74, 6) is 0.632. The van der Waals surface area contributed by atoms with E-state index in [9.17, 15) is 13.2 Å². The molecule has 4 nitrogen and oxygen atoms in total. The van der Waals surface area contributed by atoms with Crippen LogP contribution < -0.4 is 0 Å². The number of thioether (sulfide) groups is 1. The van der Waals surface area contributed by atoms with Crippen LogP contribution >= 0.6 is 39.3 Å². The van der Waals surface area contributed by atoms with E-state index >= 15 is 0 Å². The molecule has 0 aliphatic carbocycles. The minimum Gasteiger partial charge on any atom is -0.282 e. The Hall–Kier alpha value is -1.12. The summed E-state index contributed by atoms with van der Waals surface area (Å²) in [4.78, 5) is 12.7. The van der Waals surface area contributed by atoms with Crippen LogP contribution in [-0.4, -0.2) is 30.1 Å². The third kappa shape index (κ3) is 4.32. The highest BCUT2D eigenvalue weighted by atomic mass is 79.9. The zero-order valence-corrected chi connectivity index (χ0v) is 18.4. The van der Waals surface area contributed by atoms with Crippen LogP contribution in [0.25, 0.3) is 0 Å². The molecule has 27 heavy (non-hydrogen) atoms. The maximum atomic E-state index is 13.2. The maximum Gasteiger partial charge on any atom is 0.244 e. The zero-order valence-electron chi connectivity index (χ0n) is 14.4. The van der Waals surface area contributed by atoms with Crippen molar-refractivity contribution in [1.29, 1.82) is 0 Å². The molecule has 1 heterocycles. The molecule has 2 aromatic rings. The van der Waals surface area contributed by atoms with Crippen molar-refractivity contribution in [2.24, 2.45) is 0 Å². The van der Waals surface area contributed by atoms with Gasteiger partial charge in [-0.25, -0.2) is 8.42 Å². The van der Waals surface area contributed by atoms with Gasteiger partial charge in [0, 0.05) is 21.6 Å². The Bertz CT molecular complexity index is 973. The van der Waals surface area contributed by atoms with Gasteiger partial charge in [-0.2, -0.15) is 4.31 Å². The Morgan fingerprint density at radius 1 is 1.19 bits per heavy atom. The van der Waals surface area contributed by atoms with Crippen molar-refractivity contribution in [3.05, 3.63) is 75.2 Å². The minimum absolute atomic E-state index is 0.0979. The summed E-state index contributed by atoms with van der Waals surface area (Å²) in [6.07, 6.45) is 1.71. The first-order valence-corrected chi connectivity index (χ1v) is 11.8. The average Bonchev–Trinajstić information content (AvgIpc) is 3.09. The summed E-state index contributed by atoms with van der Waals surface area (Å²) in [5, 5.41) is 0.368. The van der Waals surface area contributed by atoms with Gasteiger partial charge < -0.3 is 0 Å². The summed E-state index contributed by atoms with van der Waals surface area (Å²) in [5.41, 5.74) is 1.26. The molecule has 1 aliphatic rings. The fourth-order valence-electron chi connectivity index (χ4n) is 2.94. The molecule has 0 fully saturated rings. The Labute approximate surface area is 176 Å². The van der Waals surface area contributed by atoms with Crippen molar-refractivity contribution in [3.8, 4) is 0 Å². The summed E-state index contributed by atoms with van der Waals surface area (Å²) in [6.45, 7) is 2.05. The fraction of sp³-hybridized carbons (Fsp3) is 0.211. The average molecular weight is 487 g/mol. The second-order valence-electron chi connectivity index (χ2n) is 5.86. The summed E-state index contributed by atoms with van der Waals surface area (Å²) >= 11 is 10.5. The molecule has 142 valence electrons. The first-order valence-electron chi connectivity index (χ1n) is 8.24. The zero-order chi connectivity index (χ0) is 19.6. The topological polar surface area (TPSA) is 54.5 Å². The highest BCUT2D eigenvalue weighted by Gasteiger charge is 2.40. The number of halogens is 2. The third-order valence-corrected chi connectivity index (χ3v) is 7.60. The molecule has 0 spiro atoms. The van der Waals surface area contributed by atoms with Crippen LogP contribution in [0, 0.1) is 0 Å². The fourth-order valence-corrected chi connectivity index (χ4v) is 5.49. The van der Waals surface area contributed by atoms with Gasteiger partial charge in [0.2, 0.25) is 15.1 Å². The third-order valence-electron chi connectivity index (χ3n) is 4.19. The van der Waals surface area contributed by atoms with Crippen LogP contribution in [0.5, 0.6) is 0 Å². The van der Waals surface area contributed by atoms with Crippen molar-refractivity contribution in [2.45, 2.75) is 17.9 Å². The first-order chi connectivity index (χ1) is 12.8. The Balaban J connectivity index is 2.05. The van der Waals surface area contributed by atoms with Gasteiger partial charge in [-0.3, -0.25) is 4.79 Å². The second kappa shape index (κ2) is 8.49. The number of carbonyl (C=O) groups excluding carboxylic acids is 1. The van der Waals surface area contributed by atoms with Gasteiger partial charge in [0.25, 0.3) is 0 Å². The predicted molar refractivity (Wildman–Crippen MR) is 113 cm³/mol. The van der Waals surface area contributed by atoms with E-state index < -0.39 is 16.1 Å². The van der Waals surface area contributed by atoms with Crippen LogP contribution in [0.3, 0.4) is 0 Å². The number of carbonyl (C=O) groups is 1. The van der Waals surface area contributed by atoms with Gasteiger partial charge >= 0.3 is 0 Å². The van der Waals surface area contributed by atoms with Gasteiger partial charge in [0.1, 0.15) is 0 Å². The minimum atomic E-state index is -3.79. The van der Waals surface area contributed by atoms with E-state index in [0.29, 0.717) is 16.3 Å². The van der Waals surface area contributed by atoms with E-state index in [4.69, 9.17) is 11.6 Å². The van der Waals surface area contributed by atoms with Gasteiger partial charge in [-0.15, -0.1) is 0 Å². The Kier molecular flexibility index (Phi) is 6.48. The van der Waals surface area contributed by atoms with Gasteiger partial charge in [0.15, 0.2) is 0 Å². The molecule has 0 saturated carbocycles. The molecule has 0 amide bonds. The molecule has 0 radical (unpaired) electrons. The summed E-state index contributed by atoms with van der Waals surface area (Å²) in [6, 6.07) is 12.8. The molecule has 1 atom stereocenters. The Morgan fingerprint density at radius 3 is 2.41 bits per heavy atom. The number of benzene rings is 2. The largest absolute Gasteiger partial charge is 0.282 e. The monoisotopic (exact) mass is 485 g/mol.